The molecule has 5 nitrogen and oxygen atoms in total. The summed E-state index contributed by atoms with van der Waals surface area (Å²) in [5.74, 6) is 0.722. The van der Waals surface area contributed by atoms with E-state index in [0.29, 0.717) is 16.2 Å². The van der Waals surface area contributed by atoms with E-state index in [1.807, 2.05) is 39.8 Å². The number of nitro groups is 1. The number of rotatable bonds is 8. The van der Waals surface area contributed by atoms with E-state index < -0.39 is 4.92 Å². The molecular formula is C23H24N2O3S. The molecule has 2 rings (SSSR count). The van der Waals surface area contributed by atoms with E-state index in [9.17, 15) is 10.1 Å². The third kappa shape index (κ3) is 5.93. The fourth-order valence-electron chi connectivity index (χ4n) is 2.33. The summed E-state index contributed by atoms with van der Waals surface area (Å²) in [6, 6.07) is 12.2. The molecule has 150 valence electrons. The van der Waals surface area contributed by atoms with Crippen LogP contribution in [0.4, 0.5) is 5.69 Å². The second-order valence-corrected chi connectivity index (χ2v) is 7.56. The van der Waals surface area contributed by atoms with E-state index in [1.165, 1.54) is 17.8 Å². The second-order valence-electron chi connectivity index (χ2n) is 6.48. The van der Waals surface area contributed by atoms with Crippen LogP contribution in [-0.4, -0.2) is 11.1 Å². The lowest BCUT2D eigenvalue weighted by molar-refractivity contribution is -0.385. The molecule has 0 unspecified atom stereocenters. The van der Waals surface area contributed by atoms with Crippen LogP contribution in [0.15, 0.2) is 76.8 Å². The Labute approximate surface area is 175 Å². The van der Waals surface area contributed by atoms with Crippen LogP contribution in [0.5, 0.6) is 11.5 Å². The van der Waals surface area contributed by atoms with Crippen LogP contribution in [0, 0.1) is 17.0 Å². The number of hydrogen-bond acceptors (Lipinski definition) is 5. The van der Waals surface area contributed by atoms with Gasteiger partial charge in [-0.2, -0.15) is 0 Å². The summed E-state index contributed by atoms with van der Waals surface area (Å²) >= 11 is 1.35. The first kappa shape index (κ1) is 22.2. The van der Waals surface area contributed by atoms with Crippen LogP contribution in [0.2, 0.25) is 0 Å². The summed E-state index contributed by atoms with van der Waals surface area (Å²) in [7, 11) is 0. The molecule has 2 aromatic rings. The van der Waals surface area contributed by atoms with Gasteiger partial charge in [0.2, 0.25) is 5.75 Å². The van der Waals surface area contributed by atoms with E-state index in [0.717, 1.165) is 21.7 Å². The standard InChI is InChI=1S/C23H24N2O3S/c1-7-24-23(17(5)15(2)3)29-18(6)19-10-13-22(21(14-19)25(26)27)28-20-11-8-16(4)9-12-20/h7-14H,2,6H2,1,3-5H3/b23-17+,24-7?. The van der Waals surface area contributed by atoms with Gasteiger partial charge in [0.1, 0.15) is 10.8 Å². The number of nitro benzene ring substituents is 1. The van der Waals surface area contributed by atoms with Crippen molar-refractivity contribution < 1.29 is 9.66 Å². The van der Waals surface area contributed by atoms with Crippen molar-refractivity contribution >= 4 is 28.6 Å². The van der Waals surface area contributed by atoms with Crippen molar-refractivity contribution in [3.05, 3.63) is 93.0 Å². The maximum atomic E-state index is 11.6. The number of benzene rings is 2. The minimum atomic E-state index is -0.453. The van der Waals surface area contributed by atoms with Gasteiger partial charge in [0.05, 0.1) is 4.92 Å². The molecule has 0 saturated carbocycles. The number of aliphatic imine (C=N–C) groups is 1. The van der Waals surface area contributed by atoms with Crippen LogP contribution in [0.25, 0.3) is 4.91 Å². The van der Waals surface area contributed by atoms with Gasteiger partial charge in [-0.3, -0.25) is 15.1 Å². The van der Waals surface area contributed by atoms with Crippen molar-refractivity contribution in [2.24, 2.45) is 4.99 Å². The summed E-state index contributed by atoms with van der Waals surface area (Å²) in [5.41, 5.74) is 3.45. The molecule has 0 radical (unpaired) electrons. The Bertz CT molecular complexity index is 1010. The van der Waals surface area contributed by atoms with Crippen LogP contribution in [-0.2, 0) is 0 Å². The predicted molar refractivity (Wildman–Crippen MR) is 123 cm³/mol. The Morgan fingerprint density at radius 2 is 1.83 bits per heavy atom. The second kappa shape index (κ2) is 9.89. The van der Waals surface area contributed by atoms with Gasteiger partial charge in [0.15, 0.2) is 0 Å². The first-order valence-electron chi connectivity index (χ1n) is 8.98. The number of hydrogen-bond donors (Lipinski definition) is 0. The van der Waals surface area contributed by atoms with Gasteiger partial charge in [-0.1, -0.05) is 48.2 Å². The molecule has 2 aromatic carbocycles. The molecule has 0 spiro atoms. The number of thioether (sulfide) groups is 1. The topological polar surface area (TPSA) is 64.7 Å². The fraction of sp³-hybridized carbons (Fsp3) is 0.174. The average Bonchev–Trinajstić information content (AvgIpc) is 2.68. The highest BCUT2D eigenvalue weighted by atomic mass is 32.2. The van der Waals surface area contributed by atoms with Crippen molar-refractivity contribution in [2.75, 3.05) is 0 Å². The van der Waals surface area contributed by atoms with Crippen molar-refractivity contribution in [1.82, 2.24) is 0 Å². The van der Waals surface area contributed by atoms with Crippen LogP contribution < -0.4 is 4.74 Å². The van der Waals surface area contributed by atoms with E-state index in [-0.39, 0.29) is 11.4 Å². The van der Waals surface area contributed by atoms with Crippen molar-refractivity contribution in [1.29, 1.82) is 0 Å². The molecular weight excluding hydrogens is 384 g/mol. The molecule has 29 heavy (non-hydrogen) atoms. The third-order valence-corrected chi connectivity index (χ3v) is 5.24. The number of aryl methyl sites for hydroxylation is 1. The molecule has 0 saturated heterocycles. The van der Waals surface area contributed by atoms with Crippen LogP contribution >= 0.6 is 11.8 Å². The molecule has 0 N–H and O–H groups in total. The lowest BCUT2D eigenvalue weighted by Crippen LogP contribution is -1.95. The maximum Gasteiger partial charge on any atom is 0.312 e. The Hall–Kier alpha value is -3.12. The molecule has 0 aliphatic carbocycles. The Balaban J connectivity index is 2.34. The Kier molecular flexibility index (Phi) is 7.56. The molecule has 0 heterocycles. The minimum absolute atomic E-state index is 0.119. The molecule has 0 aliphatic rings. The number of allylic oxidation sites excluding steroid dienone is 2. The molecule has 0 bridgehead atoms. The average molecular weight is 409 g/mol. The van der Waals surface area contributed by atoms with Gasteiger partial charge in [-0.15, -0.1) is 0 Å². The van der Waals surface area contributed by atoms with E-state index in [1.54, 1.807) is 30.5 Å². The van der Waals surface area contributed by atoms with Crippen molar-refractivity contribution in [3.8, 4) is 11.5 Å². The maximum absolute atomic E-state index is 11.6. The van der Waals surface area contributed by atoms with Crippen molar-refractivity contribution in [3.63, 3.8) is 0 Å². The monoisotopic (exact) mass is 408 g/mol. The van der Waals surface area contributed by atoms with Crippen LogP contribution in [0.1, 0.15) is 31.9 Å². The molecule has 0 fully saturated rings. The largest absolute Gasteiger partial charge is 0.450 e. The van der Waals surface area contributed by atoms with Gasteiger partial charge >= 0.3 is 5.69 Å². The number of nitrogens with zero attached hydrogens (tertiary/aromatic N) is 2. The smallest absolute Gasteiger partial charge is 0.312 e. The van der Waals surface area contributed by atoms with Gasteiger partial charge < -0.3 is 4.74 Å². The van der Waals surface area contributed by atoms with Gasteiger partial charge in [-0.25, -0.2) is 0 Å². The molecule has 0 aromatic heterocycles. The summed E-state index contributed by atoms with van der Waals surface area (Å²) in [5, 5.41) is 12.4. The summed E-state index contributed by atoms with van der Waals surface area (Å²) in [6.07, 6.45) is 1.70. The van der Waals surface area contributed by atoms with Crippen LogP contribution in [0.3, 0.4) is 0 Å². The van der Waals surface area contributed by atoms with E-state index >= 15 is 0 Å². The lowest BCUT2D eigenvalue weighted by Gasteiger charge is -2.11. The molecule has 0 aliphatic heterocycles. The molecule has 0 atom stereocenters. The first-order chi connectivity index (χ1) is 13.7. The van der Waals surface area contributed by atoms with E-state index in [4.69, 9.17) is 4.74 Å². The zero-order chi connectivity index (χ0) is 21.6. The molecule has 0 amide bonds. The first-order valence-corrected chi connectivity index (χ1v) is 9.80. The normalized spacial score (nSPS) is 11.9. The lowest BCUT2D eigenvalue weighted by atomic mass is 10.2. The summed E-state index contributed by atoms with van der Waals surface area (Å²) in [4.78, 5) is 16.2. The highest BCUT2D eigenvalue weighted by Gasteiger charge is 2.19. The quantitative estimate of drug-likeness (QED) is 0.199. The zero-order valence-corrected chi connectivity index (χ0v) is 17.9. The van der Waals surface area contributed by atoms with Gasteiger partial charge in [0.25, 0.3) is 0 Å². The Morgan fingerprint density at radius 3 is 2.38 bits per heavy atom. The van der Waals surface area contributed by atoms with E-state index in [2.05, 4.69) is 18.2 Å². The number of ether oxygens (including phenoxy) is 1. The molecule has 6 heteroatoms. The highest BCUT2D eigenvalue weighted by molar-refractivity contribution is 8.11. The Morgan fingerprint density at radius 1 is 1.17 bits per heavy atom. The predicted octanol–water partition coefficient (Wildman–Crippen LogP) is 7.30. The fourth-order valence-corrected chi connectivity index (χ4v) is 3.29. The minimum Gasteiger partial charge on any atom is -0.450 e. The summed E-state index contributed by atoms with van der Waals surface area (Å²) < 4.78 is 5.73. The van der Waals surface area contributed by atoms with Gasteiger partial charge in [0, 0.05) is 17.2 Å². The summed E-state index contributed by atoms with van der Waals surface area (Å²) in [6.45, 7) is 15.7. The van der Waals surface area contributed by atoms with Crippen molar-refractivity contribution in [2.45, 2.75) is 27.7 Å². The zero-order valence-electron chi connectivity index (χ0n) is 17.1. The highest BCUT2D eigenvalue weighted by Crippen LogP contribution is 2.39. The SMILES string of the molecule is C=C(C)/C(C)=C(\N=CC)SC(=C)c1ccc(Oc2ccc(C)cc2)c([N+](=O)[O-])c1. The third-order valence-electron chi connectivity index (χ3n) is 4.15. The van der Waals surface area contributed by atoms with Gasteiger partial charge in [-0.05, 0) is 63.1 Å².